The van der Waals surface area contributed by atoms with E-state index in [1.54, 1.807) is 0 Å². The molecule has 0 radical (unpaired) electrons. The fourth-order valence-corrected chi connectivity index (χ4v) is 5.07. The third-order valence-electron chi connectivity index (χ3n) is 4.80. The van der Waals surface area contributed by atoms with Gasteiger partial charge in [0, 0.05) is 24.7 Å². The minimum Gasteiger partial charge on any atom is -0.476 e. The summed E-state index contributed by atoms with van der Waals surface area (Å²) in [4.78, 5) is 11.6. The quantitative estimate of drug-likeness (QED) is 0.162. The first kappa shape index (κ1) is 29.9. The Morgan fingerprint density at radius 2 is 1.67 bits per heavy atom. The number of esters is 1. The van der Waals surface area contributed by atoms with Gasteiger partial charge in [-0.25, -0.2) is 0 Å². The zero-order chi connectivity index (χ0) is 24.9. The Balaban J connectivity index is 2.38. The summed E-state index contributed by atoms with van der Waals surface area (Å²) in [5, 5.41) is 0. The largest absolute Gasteiger partial charge is 0.476 e. The van der Waals surface area contributed by atoms with Gasteiger partial charge in [0.25, 0.3) is 0 Å². The number of carbonyl (C=O) groups excluding carboxylic acids is 1. The Bertz CT molecular complexity index is 693. The molecule has 0 fully saturated rings. The molecule has 0 aliphatic carbocycles. The maximum atomic E-state index is 11.6. The second-order valence-corrected chi connectivity index (χ2v) is 11.8. The Morgan fingerprint density at radius 3 is 2.27 bits per heavy atom. The third-order valence-corrected chi connectivity index (χ3v) is 6.17. The van der Waals surface area contributed by atoms with E-state index in [9.17, 15) is 4.79 Å². The zero-order valence-corrected chi connectivity index (χ0v) is 22.9. The molecule has 0 N–H and O–H groups in total. The van der Waals surface area contributed by atoms with E-state index in [1.165, 1.54) is 18.7 Å². The van der Waals surface area contributed by atoms with Crippen LogP contribution < -0.4 is 0 Å². The van der Waals surface area contributed by atoms with Crippen molar-refractivity contribution in [2.45, 2.75) is 90.8 Å². The zero-order valence-electron chi connectivity index (χ0n) is 21.3. The number of thioether (sulfide) groups is 1. The maximum Gasteiger partial charge on any atom is 0.302 e. The predicted octanol–water partition coefficient (Wildman–Crippen LogP) is 6.22. The number of benzene rings is 1. The van der Waals surface area contributed by atoms with Gasteiger partial charge in [-0.3, -0.25) is 4.79 Å². The molecule has 0 aromatic heterocycles. The topological polar surface area (TPSA) is 54.0 Å². The van der Waals surface area contributed by atoms with Gasteiger partial charge < -0.3 is 18.9 Å². The third kappa shape index (κ3) is 15.4. The lowest BCUT2D eigenvalue weighted by Crippen LogP contribution is -2.30. The van der Waals surface area contributed by atoms with E-state index in [1.807, 2.05) is 37.3 Å². The van der Waals surface area contributed by atoms with Gasteiger partial charge >= 0.3 is 5.97 Å². The van der Waals surface area contributed by atoms with Crippen molar-refractivity contribution in [3.63, 3.8) is 0 Å². The average molecular weight is 499 g/mol. The smallest absolute Gasteiger partial charge is 0.302 e. The Hall–Kier alpha value is -1.15. The van der Waals surface area contributed by atoms with Crippen LogP contribution in [0.5, 0.6) is 0 Å². The molecule has 0 saturated heterocycles. The molecule has 0 aliphatic rings. The van der Waals surface area contributed by atoms with Crippen molar-refractivity contribution in [2.24, 2.45) is 5.92 Å². The lowest BCUT2D eigenvalue weighted by molar-refractivity contribution is -0.146. The molecule has 188 valence electrons. The molecule has 0 heterocycles. The highest BCUT2D eigenvalue weighted by Crippen LogP contribution is 2.33. The van der Waals surface area contributed by atoms with Crippen molar-refractivity contribution in [3.05, 3.63) is 35.9 Å². The maximum absolute atomic E-state index is 11.6. The highest BCUT2D eigenvalue weighted by Gasteiger charge is 2.28. The summed E-state index contributed by atoms with van der Waals surface area (Å²) in [5.41, 5.74) is 1.14. The van der Waals surface area contributed by atoms with Gasteiger partial charge in [-0.1, -0.05) is 69.8 Å². The van der Waals surface area contributed by atoms with Crippen LogP contribution in [0.3, 0.4) is 0 Å². The molecular weight excluding hydrogens is 456 g/mol. The number of ether oxygens (including phenoxy) is 4. The van der Waals surface area contributed by atoms with Crippen LogP contribution in [0.2, 0.25) is 0 Å². The normalized spacial score (nSPS) is 14.5. The van der Waals surface area contributed by atoms with Crippen molar-refractivity contribution in [3.8, 4) is 0 Å². The Labute approximate surface area is 210 Å². The van der Waals surface area contributed by atoms with Gasteiger partial charge in [0.15, 0.2) is 0 Å². The number of hydrogen-bond donors (Lipinski definition) is 0. The van der Waals surface area contributed by atoms with Crippen LogP contribution in [0.4, 0.5) is 0 Å². The number of thiocarbonyl (C=S) groups is 1. The second kappa shape index (κ2) is 15.7. The molecule has 0 aliphatic heterocycles. The van der Waals surface area contributed by atoms with Crippen LogP contribution >= 0.6 is 24.0 Å². The summed E-state index contributed by atoms with van der Waals surface area (Å²) < 4.78 is 23.2. The summed E-state index contributed by atoms with van der Waals surface area (Å²) in [7, 11) is 0. The SMILES string of the molecule is CC(=O)OC(Cc1ccccc1)CC(C)(C)SC(=S)OCCOC(C)CC(C)OCC(C)C. The molecule has 1 aromatic rings. The summed E-state index contributed by atoms with van der Waals surface area (Å²) >= 11 is 6.93. The van der Waals surface area contributed by atoms with Crippen LogP contribution in [0.25, 0.3) is 0 Å². The molecule has 0 amide bonds. The van der Waals surface area contributed by atoms with E-state index in [4.69, 9.17) is 31.2 Å². The van der Waals surface area contributed by atoms with E-state index in [0.29, 0.717) is 36.4 Å². The van der Waals surface area contributed by atoms with Crippen LogP contribution in [-0.2, 0) is 30.2 Å². The molecule has 1 aromatic carbocycles. The van der Waals surface area contributed by atoms with Crippen LogP contribution in [0, 0.1) is 5.92 Å². The minimum absolute atomic E-state index is 0.0934. The van der Waals surface area contributed by atoms with Crippen molar-refractivity contribution in [2.75, 3.05) is 19.8 Å². The van der Waals surface area contributed by atoms with E-state index < -0.39 is 0 Å². The molecule has 3 atom stereocenters. The van der Waals surface area contributed by atoms with E-state index in [2.05, 4.69) is 34.6 Å². The molecule has 0 saturated carbocycles. The Kier molecular flexibility index (Phi) is 14.2. The average Bonchev–Trinajstić information content (AvgIpc) is 2.69. The van der Waals surface area contributed by atoms with Gasteiger partial charge in [-0.2, -0.15) is 0 Å². The minimum atomic E-state index is -0.272. The van der Waals surface area contributed by atoms with E-state index in [-0.39, 0.29) is 29.0 Å². The van der Waals surface area contributed by atoms with Gasteiger partial charge in [0.05, 0.1) is 18.8 Å². The fraction of sp³-hybridized carbons (Fsp3) is 0.692. The molecule has 5 nitrogen and oxygen atoms in total. The molecule has 33 heavy (non-hydrogen) atoms. The van der Waals surface area contributed by atoms with E-state index in [0.717, 1.165) is 18.6 Å². The van der Waals surface area contributed by atoms with Crippen LogP contribution in [0.15, 0.2) is 30.3 Å². The highest BCUT2D eigenvalue weighted by molar-refractivity contribution is 8.23. The number of rotatable bonds is 15. The van der Waals surface area contributed by atoms with Gasteiger partial charge in [0.2, 0.25) is 4.38 Å². The van der Waals surface area contributed by atoms with Gasteiger partial charge in [0.1, 0.15) is 12.7 Å². The van der Waals surface area contributed by atoms with Crippen molar-refractivity contribution < 1.29 is 23.7 Å². The lowest BCUT2D eigenvalue weighted by atomic mass is 9.99. The molecule has 0 spiro atoms. The summed E-state index contributed by atoms with van der Waals surface area (Å²) in [6.07, 6.45) is 2.22. The fourth-order valence-electron chi connectivity index (χ4n) is 3.45. The van der Waals surface area contributed by atoms with Crippen LogP contribution in [-0.4, -0.2) is 53.2 Å². The molecule has 1 rings (SSSR count). The summed E-state index contributed by atoms with van der Waals surface area (Å²) in [6.45, 7) is 15.7. The highest BCUT2D eigenvalue weighted by atomic mass is 32.2. The molecular formula is C26H42O5S2. The summed E-state index contributed by atoms with van der Waals surface area (Å²) in [5.74, 6) is 0.258. The van der Waals surface area contributed by atoms with Crippen molar-refractivity contribution in [1.82, 2.24) is 0 Å². The van der Waals surface area contributed by atoms with E-state index >= 15 is 0 Å². The molecule has 0 bridgehead atoms. The van der Waals surface area contributed by atoms with Gasteiger partial charge in [-0.05, 0) is 50.4 Å². The van der Waals surface area contributed by atoms with Crippen molar-refractivity contribution >= 4 is 34.3 Å². The van der Waals surface area contributed by atoms with Crippen molar-refractivity contribution in [1.29, 1.82) is 0 Å². The number of carbonyl (C=O) groups is 1. The Morgan fingerprint density at radius 1 is 1.03 bits per heavy atom. The second-order valence-electron chi connectivity index (χ2n) is 9.54. The molecule has 3 unspecified atom stereocenters. The lowest BCUT2D eigenvalue weighted by Gasteiger charge is -2.29. The summed E-state index contributed by atoms with van der Waals surface area (Å²) in [6, 6.07) is 10.0. The van der Waals surface area contributed by atoms with Gasteiger partial charge in [-0.15, -0.1) is 0 Å². The monoisotopic (exact) mass is 498 g/mol. The first-order valence-electron chi connectivity index (χ1n) is 11.8. The number of hydrogen-bond acceptors (Lipinski definition) is 7. The first-order chi connectivity index (χ1) is 15.5. The van der Waals surface area contributed by atoms with Crippen LogP contribution in [0.1, 0.15) is 66.9 Å². The first-order valence-corrected chi connectivity index (χ1v) is 13.0. The predicted molar refractivity (Wildman–Crippen MR) is 141 cm³/mol. The molecule has 7 heteroatoms. The standard InChI is InChI=1S/C26H42O5S2/c1-19(2)18-30-21(4)15-20(3)28-13-14-29-25(32)33-26(6,7)17-24(31-22(5)27)16-23-11-9-8-10-12-23/h8-12,19-21,24H,13-18H2,1-7H3.